The summed E-state index contributed by atoms with van der Waals surface area (Å²) < 4.78 is 42.1. The van der Waals surface area contributed by atoms with Crippen LogP contribution in [0.4, 0.5) is 13.6 Å². The lowest BCUT2D eigenvalue weighted by atomic mass is 10.0. The first-order chi connectivity index (χ1) is 14.4. The minimum atomic E-state index is -0.738. The smallest absolute Gasteiger partial charge is 0.409 e. The van der Waals surface area contributed by atoms with Crippen LogP contribution in [0, 0.1) is 11.6 Å². The van der Waals surface area contributed by atoms with E-state index in [1.54, 1.807) is 22.7 Å². The van der Waals surface area contributed by atoms with Crippen LogP contribution in [0.2, 0.25) is 5.02 Å². The van der Waals surface area contributed by atoms with E-state index < -0.39 is 23.8 Å². The number of aromatic nitrogens is 2. The number of methoxy groups -OCH3 is 1. The van der Waals surface area contributed by atoms with Gasteiger partial charge in [0.15, 0.2) is 0 Å². The number of fused-ring (bicyclic) bond motifs is 1. The van der Waals surface area contributed by atoms with Crippen LogP contribution in [0.3, 0.4) is 0 Å². The zero-order valence-corrected chi connectivity index (χ0v) is 18.2. The number of carbonyl (C=O) groups excluding carboxylic acids is 1. The number of imidazole rings is 1. The number of hydrogen-bond acceptors (Lipinski definition) is 4. The van der Waals surface area contributed by atoms with Gasteiger partial charge in [-0.25, -0.2) is 18.6 Å². The third-order valence-corrected chi connectivity index (χ3v) is 5.62. The third-order valence-electron chi connectivity index (χ3n) is 4.92. The molecule has 4 rings (SSSR count). The zero-order chi connectivity index (χ0) is 21.4. The minimum Gasteiger partial charge on any atom is -0.453 e. The van der Waals surface area contributed by atoms with Crippen molar-refractivity contribution in [3.05, 3.63) is 57.3 Å². The minimum absolute atomic E-state index is 0.165. The standard InChI is InChI=1S/C20H17BrClF2N3O3/c1-29-20(28)26-4-5-30-13(10-26)9-16-19(18-14(23)6-11(21)7-15(18)24)25-17-8-12(22)2-3-27(16)17/h2-3,6-8,13H,4-5,9-10H2,1H3. The van der Waals surface area contributed by atoms with Crippen molar-refractivity contribution in [1.82, 2.24) is 14.3 Å². The molecule has 6 nitrogen and oxygen atoms in total. The van der Waals surface area contributed by atoms with Gasteiger partial charge in [0.25, 0.3) is 0 Å². The van der Waals surface area contributed by atoms with Crippen molar-refractivity contribution < 1.29 is 23.0 Å². The second kappa shape index (κ2) is 8.49. The molecule has 3 aromatic rings. The number of rotatable bonds is 3. The van der Waals surface area contributed by atoms with Gasteiger partial charge < -0.3 is 18.8 Å². The molecule has 1 unspecified atom stereocenters. The summed E-state index contributed by atoms with van der Waals surface area (Å²) in [6.45, 7) is 1.03. The molecule has 1 amide bonds. The Morgan fingerprint density at radius 2 is 2.10 bits per heavy atom. The molecule has 0 saturated carbocycles. The first-order valence-corrected chi connectivity index (χ1v) is 10.3. The molecule has 1 fully saturated rings. The molecule has 0 radical (unpaired) electrons. The third kappa shape index (κ3) is 4.01. The largest absolute Gasteiger partial charge is 0.453 e. The molecular formula is C20H17BrClF2N3O3. The van der Waals surface area contributed by atoms with Gasteiger partial charge in [0, 0.05) is 34.7 Å². The lowest BCUT2D eigenvalue weighted by Crippen LogP contribution is -2.46. The van der Waals surface area contributed by atoms with Gasteiger partial charge in [-0.1, -0.05) is 27.5 Å². The summed E-state index contributed by atoms with van der Waals surface area (Å²) in [4.78, 5) is 17.9. The van der Waals surface area contributed by atoms with Gasteiger partial charge in [-0.05, 0) is 18.2 Å². The molecule has 3 heterocycles. The van der Waals surface area contributed by atoms with Gasteiger partial charge in [-0.15, -0.1) is 0 Å². The number of hydrogen-bond donors (Lipinski definition) is 0. The van der Waals surface area contributed by atoms with E-state index in [4.69, 9.17) is 21.1 Å². The van der Waals surface area contributed by atoms with Gasteiger partial charge in [0.1, 0.15) is 17.3 Å². The molecular weight excluding hydrogens is 484 g/mol. The van der Waals surface area contributed by atoms with E-state index in [0.717, 1.165) is 0 Å². The molecule has 30 heavy (non-hydrogen) atoms. The molecule has 1 atom stereocenters. The highest BCUT2D eigenvalue weighted by atomic mass is 79.9. The van der Waals surface area contributed by atoms with Crippen molar-refractivity contribution in [1.29, 1.82) is 0 Å². The Morgan fingerprint density at radius 1 is 1.37 bits per heavy atom. The van der Waals surface area contributed by atoms with Crippen molar-refractivity contribution in [2.45, 2.75) is 12.5 Å². The lowest BCUT2D eigenvalue weighted by molar-refractivity contribution is -0.0241. The van der Waals surface area contributed by atoms with E-state index in [1.807, 2.05) is 0 Å². The SMILES string of the molecule is COC(=O)N1CCOC(Cc2c(-c3c(F)cc(Br)cc3F)nc3cc(Cl)ccn23)C1. The highest BCUT2D eigenvalue weighted by Gasteiger charge is 2.29. The maximum Gasteiger partial charge on any atom is 0.409 e. The van der Waals surface area contributed by atoms with Crippen LogP contribution in [-0.2, 0) is 15.9 Å². The van der Waals surface area contributed by atoms with E-state index in [-0.39, 0.29) is 24.2 Å². The van der Waals surface area contributed by atoms with Gasteiger partial charge in [0.05, 0.1) is 43.3 Å². The molecule has 0 N–H and O–H groups in total. The second-order valence-electron chi connectivity index (χ2n) is 6.84. The monoisotopic (exact) mass is 499 g/mol. The Hall–Kier alpha value is -2.23. The molecule has 1 aliphatic rings. The van der Waals surface area contributed by atoms with Crippen LogP contribution in [0.1, 0.15) is 5.69 Å². The van der Waals surface area contributed by atoms with Crippen LogP contribution in [0.15, 0.2) is 34.9 Å². The summed E-state index contributed by atoms with van der Waals surface area (Å²) in [6.07, 6.45) is 1.13. The molecule has 1 aromatic carbocycles. The maximum absolute atomic E-state index is 14.7. The predicted octanol–water partition coefficient (Wildman–Crippen LogP) is 4.71. The molecule has 10 heteroatoms. The van der Waals surface area contributed by atoms with Crippen LogP contribution in [0.5, 0.6) is 0 Å². The number of amides is 1. The van der Waals surface area contributed by atoms with Crippen molar-refractivity contribution in [2.75, 3.05) is 26.8 Å². The summed E-state index contributed by atoms with van der Waals surface area (Å²) in [5.41, 5.74) is 0.945. The van der Waals surface area contributed by atoms with E-state index in [0.29, 0.717) is 34.0 Å². The summed E-state index contributed by atoms with van der Waals surface area (Å²) in [5.74, 6) is -1.48. The number of pyridine rings is 1. The Labute approximate surface area is 184 Å². The van der Waals surface area contributed by atoms with Crippen LogP contribution in [-0.4, -0.2) is 53.3 Å². The van der Waals surface area contributed by atoms with Crippen LogP contribution < -0.4 is 0 Å². The Balaban J connectivity index is 1.79. The lowest BCUT2D eigenvalue weighted by Gasteiger charge is -2.32. The number of morpholine rings is 1. The average molecular weight is 501 g/mol. The van der Waals surface area contributed by atoms with Gasteiger partial charge in [-0.3, -0.25) is 0 Å². The fourth-order valence-corrected chi connectivity index (χ4v) is 4.14. The molecule has 1 aliphatic heterocycles. The topological polar surface area (TPSA) is 56.1 Å². The number of nitrogens with zero attached hydrogens (tertiary/aromatic N) is 3. The summed E-state index contributed by atoms with van der Waals surface area (Å²) >= 11 is 9.18. The zero-order valence-electron chi connectivity index (χ0n) is 15.9. The van der Waals surface area contributed by atoms with Crippen LogP contribution in [0.25, 0.3) is 16.9 Å². The first kappa shape index (κ1) is 21.0. The van der Waals surface area contributed by atoms with E-state index >= 15 is 0 Å². The van der Waals surface area contributed by atoms with Crippen molar-refractivity contribution in [3.63, 3.8) is 0 Å². The first-order valence-electron chi connectivity index (χ1n) is 9.13. The van der Waals surface area contributed by atoms with Crippen molar-refractivity contribution >= 4 is 39.3 Å². The van der Waals surface area contributed by atoms with Crippen molar-refractivity contribution in [2.24, 2.45) is 0 Å². The summed E-state index contributed by atoms with van der Waals surface area (Å²) in [6, 6.07) is 5.66. The molecule has 0 aliphatic carbocycles. The second-order valence-corrected chi connectivity index (χ2v) is 8.19. The molecule has 0 spiro atoms. The highest BCUT2D eigenvalue weighted by molar-refractivity contribution is 9.10. The highest BCUT2D eigenvalue weighted by Crippen LogP contribution is 2.33. The maximum atomic E-state index is 14.7. The number of ether oxygens (including phenoxy) is 2. The van der Waals surface area contributed by atoms with Gasteiger partial charge in [-0.2, -0.15) is 0 Å². The predicted molar refractivity (Wildman–Crippen MR) is 111 cm³/mol. The number of halogens is 4. The van der Waals surface area contributed by atoms with E-state index in [2.05, 4.69) is 20.9 Å². The number of carbonyl (C=O) groups is 1. The van der Waals surface area contributed by atoms with Gasteiger partial charge >= 0.3 is 6.09 Å². The Kier molecular flexibility index (Phi) is 5.95. The quantitative estimate of drug-likeness (QED) is 0.523. The Morgan fingerprint density at radius 3 is 2.80 bits per heavy atom. The molecule has 1 saturated heterocycles. The average Bonchev–Trinajstić information content (AvgIpc) is 3.03. The molecule has 158 valence electrons. The Bertz CT molecular complexity index is 1100. The van der Waals surface area contributed by atoms with Crippen molar-refractivity contribution in [3.8, 4) is 11.3 Å². The fourth-order valence-electron chi connectivity index (χ4n) is 3.59. The summed E-state index contributed by atoms with van der Waals surface area (Å²) in [7, 11) is 1.32. The fraction of sp³-hybridized carbons (Fsp3) is 0.300. The van der Waals surface area contributed by atoms with Gasteiger partial charge in [0.2, 0.25) is 0 Å². The van der Waals surface area contributed by atoms with E-state index in [1.165, 1.54) is 24.1 Å². The van der Waals surface area contributed by atoms with E-state index in [9.17, 15) is 13.6 Å². The molecule has 2 aromatic heterocycles. The van der Waals surface area contributed by atoms with Crippen LogP contribution >= 0.6 is 27.5 Å². The normalized spacial score (nSPS) is 16.8. The summed E-state index contributed by atoms with van der Waals surface area (Å²) in [5, 5.41) is 0.452. The number of benzene rings is 1. The molecule has 0 bridgehead atoms.